The number of hydrogen-bond donors (Lipinski definition) is 1. The number of amides is 1. The third-order valence-electron chi connectivity index (χ3n) is 2.90. The number of carbonyl (C=O) groups excluding carboxylic acids is 1. The zero-order valence-corrected chi connectivity index (χ0v) is 9.91. The fourth-order valence-electron chi connectivity index (χ4n) is 2.13. The summed E-state index contributed by atoms with van der Waals surface area (Å²) in [7, 11) is 3.86. The Morgan fingerprint density at radius 3 is 2.87 bits per heavy atom. The fourth-order valence-corrected chi connectivity index (χ4v) is 2.13. The second kappa shape index (κ2) is 6.08. The molecule has 2 N–H and O–H groups in total. The number of rotatable bonds is 4. The minimum Gasteiger partial charge on any atom is -0.341 e. The van der Waals surface area contributed by atoms with Crippen LogP contribution in [0.2, 0.25) is 0 Å². The molecule has 0 saturated carbocycles. The molecule has 1 aliphatic heterocycles. The Morgan fingerprint density at radius 2 is 2.27 bits per heavy atom. The van der Waals surface area contributed by atoms with Crippen molar-refractivity contribution in [2.45, 2.75) is 19.3 Å². The van der Waals surface area contributed by atoms with Gasteiger partial charge in [-0.15, -0.1) is 0 Å². The van der Waals surface area contributed by atoms with E-state index in [1.165, 1.54) is 6.42 Å². The maximum absolute atomic E-state index is 11.8. The number of nitrogens with two attached hydrogens (primary N) is 1. The van der Waals surface area contributed by atoms with Gasteiger partial charge < -0.3 is 15.5 Å². The third-order valence-corrected chi connectivity index (χ3v) is 2.90. The molecule has 1 saturated heterocycles. The molecule has 4 nitrogen and oxygen atoms in total. The Hall–Kier alpha value is -0.610. The molecule has 4 heteroatoms. The van der Waals surface area contributed by atoms with Crippen LogP contribution in [0.25, 0.3) is 0 Å². The molecule has 1 heterocycles. The highest BCUT2D eigenvalue weighted by molar-refractivity contribution is 5.78. The zero-order chi connectivity index (χ0) is 11.3. The second-order valence-corrected chi connectivity index (χ2v) is 4.66. The summed E-state index contributed by atoms with van der Waals surface area (Å²) in [5.41, 5.74) is 5.55. The largest absolute Gasteiger partial charge is 0.341 e. The van der Waals surface area contributed by atoms with Crippen molar-refractivity contribution in [3.8, 4) is 0 Å². The highest BCUT2D eigenvalue weighted by Crippen LogP contribution is 2.18. The van der Waals surface area contributed by atoms with E-state index in [4.69, 9.17) is 5.73 Å². The van der Waals surface area contributed by atoms with Crippen LogP contribution in [0.3, 0.4) is 0 Å². The van der Waals surface area contributed by atoms with Gasteiger partial charge in [-0.3, -0.25) is 4.79 Å². The van der Waals surface area contributed by atoms with E-state index in [2.05, 4.69) is 0 Å². The Bertz CT molecular complexity index is 204. The molecule has 1 atom stereocenters. The molecule has 0 spiro atoms. The van der Waals surface area contributed by atoms with Crippen LogP contribution in [0.15, 0.2) is 0 Å². The van der Waals surface area contributed by atoms with Crippen LogP contribution in [0.1, 0.15) is 19.3 Å². The standard InChI is InChI=1S/C11H23N3O/c1-13(2)9-11(15)14-7-3-4-10(8-14)5-6-12/h10H,3-9,12H2,1-2H3. The predicted molar refractivity (Wildman–Crippen MR) is 61.5 cm³/mol. The monoisotopic (exact) mass is 213 g/mol. The van der Waals surface area contributed by atoms with Crippen molar-refractivity contribution < 1.29 is 4.79 Å². The highest BCUT2D eigenvalue weighted by atomic mass is 16.2. The Kier molecular flexibility index (Phi) is 5.05. The number of hydrogen-bond acceptors (Lipinski definition) is 3. The number of likely N-dealkylation sites (tertiary alicyclic amines) is 1. The number of nitrogens with zero attached hydrogens (tertiary/aromatic N) is 2. The first-order chi connectivity index (χ1) is 7.13. The average molecular weight is 213 g/mol. The van der Waals surface area contributed by atoms with Gasteiger partial charge in [-0.2, -0.15) is 0 Å². The number of piperidine rings is 1. The lowest BCUT2D eigenvalue weighted by Gasteiger charge is -2.33. The first-order valence-corrected chi connectivity index (χ1v) is 5.76. The van der Waals surface area contributed by atoms with Crippen LogP contribution in [0.5, 0.6) is 0 Å². The van der Waals surface area contributed by atoms with Crippen molar-refractivity contribution in [1.82, 2.24) is 9.80 Å². The minimum absolute atomic E-state index is 0.252. The van der Waals surface area contributed by atoms with Gasteiger partial charge in [0.15, 0.2) is 0 Å². The van der Waals surface area contributed by atoms with Gasteiger partial charge in [0, 0.05) is 13.1 Å². The van der Waals surface area contributed by atoms with Gasteiger partial charge in [-0.25, -0.2) is 0 Å². The first kappa shape index (κ1) is 12.5. The molecule has 15 heavy (non-hydrogen) atoms. The smallest absolute Gasteiger partial charge is 0.236 e. The van der Waals surface area contributed by atoms with E-state index in [0.29, 0.717) is 12.5 Å². The Balaban J connectivity index is 2.38. The summed E-state index contributed by atoms with van der Waals surface area (Å²) in [6.45, 7) is 3.09. The molecular weight excluding hydrogens is 190 g/mol. The molecule has 1 amide bonds. The molecule has 1 unspecified atom stereocenters. The second-order valence-electron chi connectivity index (χ2n) is 4.66. The van der Waals surface area contributed by atoms with Crippen LogP contribution in [-0.4, -0.2) is 56.0 Å². The van der Waals surface area contributed by atoms with Gasteiger partial charge in [0.1, 0.15) is 0 Å². The molecule has 0 aromatic heterocycles. The summed E-state index contributed by atoms with van der Waals surface area (Å²) in [6, 6.07) is 0. The Morgan fingerprint density at radius 1 is 1.53 bits per heavy atom. The van der Waals surface area contributed by atoms with Gasteiger partial charge in [0.05, 0.1) is 6.54 Å². The fraction of sp³-hybridized carbons (Fsp3) is 0.909. The summed E-state index contributed by atoms with van der Waals surface area (Å²) < 4.78 is 0. The predicted octanol–water partition coefficient (Wildman–Crippen LogP) is 0.135. The summed E-state index contributed by atoms with van der Waals surface area (Å²) in [4.78, 5) is 15.7. The molecule has 0 aromatic rings. The third kappa shape index (κ3) is 4.18. The minimum atomic E-state index is 0.252. The van der Waals surface area contributed by atoms with E-state index in [0.717, 1.165) is 32.5 Å². The quantitative estimate of drug-likeness (QED) is 0.722. The highest BCUT2D eigenvalue weighted by Gasteiger charge is 2.22. The molecule has 1 aliphatic rings. The van der Waals surface area contributed by atoms with Crippen LogP contribution in [-0.2, 0) is 4.79 Å². The number of carbonyl (C=O) groups is 1. The molecule has 0 radical (unpaired) electrons. The van der Waals surface area contributed by atoms with Gasteiger partial charge in [0.2, 0.25) is 5.91 Å². The Labute approximate surface area is 92.4 Å². The van der Waals surface area contributed by atoms with Crippen molar-refractivity contribution >= 4 is 5.91 Å². The van der Waals surface area contributed by atoms with Crippen molar-refractivity contribution in [2.75, 3.05) is 40.3 Å². The summed E-state index contributed by atoms with van der Waals surface area (Å²) in [5, 5.41) is 0. The summed E-state index contributed by atoms with van der Waals surface area (Å²) >= 11 is 0. The zero-order valence-electron chi connectivity index (χ0n) is 9.91. The average Bonchev–Trinajstić information content (AvgIpc) is 2.17. The van der Waals surface area contributed by atoms with E-state index >= 15 is 0 Å². The molecule has 0 aromatic carbocycles. The van der Waals surface area contributed by atoms with Crippen molar-refractivity contribution in [2.24, 2.45) is 11.7 Å². The lowest BCUT2D eigenvalue weighted by Crippen LogP contribution is -2.44. The maximum atomic E-state index is 11.8. The van der Waals surface area contributed by atoms with Gasteiger partial charge in [-0.1, -0.05) is 0 Å². The van der Waals surface area contributed by atoms with Crippen LogP contribution < -0.4 is 5.73 Å². The molecule has 1 rings (SSSR count). The van der Waals surface area contributed by atoms with E-state index < -0.39 is 0 Å². The molecular formula is C11H23N3O. The van der Waals surface area contributed by atoms with E-state index in [9.17, 15) is 4.79 Å². The molecule has 0 bridgehead atoms. The SMILES string of the molecule is CN(C)CC(=O)N1CCCC(CCN)C1. The molecule has 0 aliphatic carbocycles. The van der Waals surface area contributed by atoms with Crippen LogP contribution in [0.4, 0.5) is 0 Å². The molecule has 1 fully saturated rings. The van der Waals surface area contributed by atoms with Crippen molar-refractivity contribution in [1.29, 1.82) is 0 Å². The van der Waals surface area contributed by atoms with Crippen molar-refractivity contribution in [3.63, 3.8) is 0 Å². The normalized spacial score (nSPS) is 22.1. The van der Waals surface area contributed by atoms with E-state index in [1.807, 2.05) is 23.9 Å². The number of likely N-dealkylation sites (N-methyl/N-ethyl adjacent to an activating group) is 1. The van der Waals surface area contributed by atoms with Gasteiger partial charge in [-0.05, 0) is 45.8 Å². The lowest BCUT2D eigenvalue weighted by molar-refractivity contribution is -0.133. The van der Waals surface area contributed by atoms with Crippen LogP contribution in [0, 0.1) is 5.92 Å². The molecule has 88 valence electrons. The van der Waals surface area contributed by atoms with Gasteiger partial charge >= 0.3 is 0 Å². The van der Waals surface area contributed by atoms with Crippen LogP contribution >= 0.6 is 0 Å². The van der Waals surface area contributed by atoms with E-state index in [-0.39, 0.29) is 5.91 Å². The summed E-state index contributed by atoms with van der Waals surface area (Å²) in [6.07, 6.45) is 3.40. The summed E-state index contributed by atoms with van der Waals surface area (Å²) in [5.74, 6) is 0.872. The maximum Gasteiger partial charge on any atom is 0.236 e. The van der Waals surface area contributed by atoms with E-state index in [1.54, 1.807) is 0 Å². The van der Waals surface area contributed by atoms with Gasteiger partial charge in [0.25, 0.3) is 0 Å². The first-order valence-electron chi connectivity index (χ1n) is 5.76. The lowest BCUT2D eigenvalue weighted by atomic mass is 9.95. The topological polar surface area (TPSA) is 49.6 Å². The van der Waals surface area contributed by atoms with Crippen molar-refractivity contribution in [3.05, 3.63) is 0 Å².